The lowest BCUT2D eigenvalue weighted by Gasteiger charge is -2.37. The van der Waals surface area contributed by atoms with Crippen molar-refractivity contribution in [2.75, 3.05) is 33.8 Å². The number of hydrogen-bond acceptors (Lipinski definition) is 6. The van der Waals surface area contributed by atoms with Crippen LogP contribution in [0.25, 0.3) is 11.1 Å². The number of sulfonamides is 1. The van der Waals surface area contributed by atoms with E-state index >= 15 is 0 Å². The summed E-state index contributed by atoms with van der Waals surface area (Å²) in [7, 11) is 0.111. The molecule has 0 radical (unpaired) electrons. The second-order valence-electron chi connectivity index (χ2n) is 7.91. The van der Waals surface area contributed by atoms with Crippen molar-refractivity contribution < 1.29 is 18.3 Å². The minimum absolute atomic E-state index is 0.0589. The summed E-state index contributed by atoms with van der Waals surface area (Å²) in [5, 5.41) is 9.67. The van der Waals surface area contributed by atoms with Gasteiger partial charge < -0.3 is 14.7 Å². The lowest BCUT2D eigenvalue weighted by Crippen LogP contribution is -2.49. The zero-order chi connectivity index (χ0) is 21.2. The minimum atomic E-state index is -3.82. The molecule has 1 aliphatic rings. The molecule has 2 aromatic rings. The van der Waals surface area contributed by atoms with Crippen LogP contribution < -0.4 is 4.74 Å². The van der Waals surface area contributed by atoms with Crippen LogP contribution in [0.15, 0.2) is 47.6 Å². The largest absolute Gasteiger partial charge is 0.487 e. The highest BCUT2D eigenvalue weighted by Gasteiger charge is 2.37. The zero-order valence-corrected chi connectivity index (χ0v) is 18.1. The molecule has 1 aromatic heterocycles. The van der Waals surface area contributed by atoms with Crippen molar-refractivity contribution in [2.45, 2.75) is 30.9 Å². The quantitative estimate of drug-likeness (QED) is 0.799. The van der Waals surface area contributed by atoms with Crippen LogP contribution in [0.1, 0.15) is 13.8 Å². The molecule has 1 aromatic carbocycles. The predicted octanol–water partition coefficient (Wildman–Crippen LogP) is 2.08. The van der Waals surface area contributed by atoms with Gasteiger partial charge in [-0.1, -0.05) is 19.1 Å². The molecule has 3 atom stereocenters. The summed E-state index contributed by atoms with van der Waals surface area (Å²) in [5.41, 5.74) is 1.72. The summed E-state index contributed by atoms with van der Waals surface area (Å²) in [6.07, 6.45) is 3.23. The maximum Gasteiger partial charge on any atom is 0.247 e. The number of nitrogens with zero attached hydrogens (tertiary/aromatic N) is 3. The number of likely N-dealkylation sites (N-methyl/N-ethyl adjacent to an activating group) is 1. The molecule has 0 amide bonds. The Balaban J connectivity index is 2.14. The Labute approximate surface area is 173 Å². The smallest absolute Gasteiger partial charge is 0.247 e. The maximum atomic E-state index is 13.4. The van der Waals surface area contributed by atoms with E-state index in [2.05, 4.69) is 4.98 Å². The van der Waals surface area contributed by atoms with Crippen LogP contribution in [0.4, 0.5) is 0 Å². The van der Waals surface area contributed by atoms with Crippen molar-refractivity contribution in [1.29, 1.82) is 0 Å². The number of benzene rings is 1. The molecular weight excluding hydrogens is 390 g/mol. The van der Waals surface area contributed by atoms with Crippen LogP contribution in [0.5, 0.6) is 5.75 Å². The van der Waals surface area contributed by atoms with Crippen LogP contribution in [0.2, 0.25) is 0 Å². The second kappa shape index (κ2) is 8.79. The van der Waals surface area contributed by atoms with Gasteiger partial charge in [0.25, 0.3) is 0 Å². The van der Waals surface area contributed by atoms with Gasteiger partial charge in [-0.15, -0.1) is 0 Å². The lowest BCUT2D eigenvalue weighted by molar-refractivity contribution is 0.0813. The summed E-state index contributed by atoms with van der Waals surface area (Å²) in [4.78, 5) is 6.30. The van der Waals surface area contributed by atoms with Crippen molar-refractivity contribution in [2.24, 2.45) is 5.92 Å². The van der Waals surface area contributed by atoms with E-state index in [1.165, 1.54) is 4.31 Å². The van der Waals surface area contributed by atoms with E-state index in [0.29, 0.717) is 12.3 Å². The molecule has 0 bridgehead atoms. The fourth-order valence-corrected chi connectivity index (χ4v) is 5.34. The van der Waals surface area contributed by atoms with E-state index < -0.39 is 16.1 Å². The number of pyridine rings is 1. The monoisotopic (exact) mass is 419 g/mol. The first-order valence-electron chi connectivity index (χ1n) is 9.72. The summed E-state index contributed by atoms with van der Waals surface area (Å²) in [5.74, 6) is 0.274. The van der Waals surface area contributed by atoms with Crippen molar-refractivity contribution >= 4 is 10.0 Å². The van der Waals surface area contributed by atoms with Gasteiger partial charge in [-0.05, 0) is 44.8 Å². The van der Waals surface area contributed by atoms with E-state index in [1.807, 2.05) is 38.1 Å². The van der Waals surface area contributed by atoms with E-state index in [0.717, 1.165) is 11.1 Å². The number of aliphatic hydroxyl groups is 1. The van der Waals surface area contributed by atoms with Crippen molar-refractivity contribution in [3.05, 3.63) is 42.7 Å². The normalized spacial score (nSPS) is 23.0. The van der Waals surface area contributed by atoms with Crippen molar-refractivity contribution in [3.8, 4) is 16.9 Å². The highest BCUT2D eigenvalue weighted by molar-refractivity contribution is 7.89. The number of fused-ring (bicyclic) bond motifs is 1. The van der Waals surface area contributed by atoms with Crippen LogP contribution in [-0.2, 0) is 10.0 Å². The summed E-state index contributed by atoms with van der Waals surface area (Å²) in [6, 6.07) is 8.37. The van der Waals surface area contributed by atoms with Gasteiger partial charge >= 0.3 is 0 Å². The van der Waals surface area contributed by atoms with Gasteiger partial charge in [0.05, 0.1) is 6.61 Å². The van der Waals surface area contributed by atoms with Crippen LogP contribution in [-0.4, -0.2) is 73.7 Å². The summed E-state index contributed by atoms with van der Waals surface area (Å²) >= 11 is 0. The highest BCUT2D eigenvalue weighted by atomic mass is 32.2. The average Bonchev–Trinajstić information content (AvgIpc) is 2.70. The third-order valence-corrected chi connectivity index (χ3v) is 7.23. The molecule has 7 nitrogen and oxygen atoms in total. The SMILES string of the molecule is C[C@H](CO)N1C[C@H](C)[C@H](CN(C)C)Oc2cc(-c3cccnc3)ccc2S1(=O)=O. The Bertz CT molecular complexity index is 934. The fourth-order valence-electron chi connectivity index (χ4n) is 3.52. The fraction of sp³-hybridized carbons (Fsp3) is 0.476. The topological polar surface area (TPSA) is 83.0 Å². The van der Waals surface area contributed by atoms with Gasteiger partial charge in [0.15, 0.2) is 0 Å². The van der Waals surface area contributed by atoms with Crippen molar-refractivity contribution in [3.63, 3.8) is 0 Å². The Hall–Kier alpha value is -2.00. The number of aromatic nitrogens is 1. The van der Waals surface area contributed by atoms with Crippen LogP contribution >= 0.6 is 0 Å². The van der Waals surface area contributed by atoms with E-state index in [9.17, 15) is 13.5 Å². The molecule has 0 saturated carbocycles. The Morgan fingerprint density at radius 3 is 2.69 bits per heavy atom. The van der Waals surface area contributed by atoms with Gasteiger partial charge in [-0.3, -0.25) is 4.98 Å². The van der Waals surface area contributed by atoms with Gasteiger partial charge in [0, 0.05) is 43.0 Å². The first-order valence-corrected chi connectivity index (χ1v) is 11.2. The number of rotatable bonds is 5. The van der Waals surface area contributed by atoms with Crippen LogP contribution in [0.3, 0.4) is 0 Å². The van der Waals surface area contributed by atoms with E-state index in [4.69, 9.17) is 4.74 Å². The molecule has 158 valence electrons. The van der Waals surface area contributed by atoms with Gasteiger partial charge in [0.2, 0.25) is 10.0 Å². The molecule has 8 heteroatoms. The van der Waals surface area contributed by atoms with E-state index in [-0.39, 0.29) is 30.1 Å². The molecule has 3 rings (SSSR count). The third kappa shape index (κ3) is 4.61. The summed E-state index contributed by atoms with van der Waals surface area (Å²) < 4.78 is 34.5. The Morgan fingerprint density at radius 2 is 2.07 bits per heavy atom. The predicted molar refractivity (Wildman–Crippen MR) is 112 cm³/mol. The molecule has 1 N–H and O–H groups in total. The van der Waals surface area contributed by atoms with Gasteiger partial charge in [0.1, 0.15) is 16.7 Å². The first-order chi connectivity index (χ1) is 13.7. The third-order valence-electron chi connectivity index (χ3n) is 5.21. The standard InChI is InChI=1S/C21H29N3O4S/c1-15-12-24(16(2)14-25)29(26,27)21-8-7-17(18-6-5-9-22-11-18)10-19(21)28-20(15)13-23(3)4/h5-11,15-16,20,25H,12-14H2,1-4H3/t15-,16+,20-/m0/s1. The molecule has 0 aliphatic carbocycles. The molecule has 0 unspecified atom stereocenters. The number of hydrogen-bond donors (Lipinski definition) is 1. The highest BCUT2D eigenvalue weighted by Crippen LogP contribution is 2.36. The van der Waals surface area contributed by atoms with Gasteiger partial charge in [-0.25, -0.2) is 8.42 Å². The minimum Gasteiger partial charge on any atom is -0.487 e. The molecular formula is C21H29N3O4S. The Kier molecular flexibility index (Phi) is 6.58. The van der Waals surface area contributed by atoms with Crippen LogP contribution in [0, 0.1) is 5.92 Å². The maximum absolute atomic E-state index is 13.4. The second-order valence-corrected chi connectivity index (χ2v) is 9.76. The molecule has 0 fully saturated rings. The van der Waals surface area contributed by atoms with Gasteiger partial charge in [-0.2, -0.15) is 4.31 Å². The molecule has 0 spiro atoms. The first kappa shape index (κ1) is 21.7. The summed E-state index contributed by atoms with van der Waals surface area (Å²) in [6.45, 7) is 4.40. The molecule has 0 saturated heterocycles. The molecule has 29 heavy (non-hydrogen) atoms. The average molecular weight is 420 g/mol. The Morgan fingerprint density at radius 1 is 1.31 bits per heavy atom. The molecule has 2 heterocycles. The zero-order valence-electron chi connectivity index (χ0n) is 17.3. The van der Waals surface area contributed by atoms with Crippen molar-refractivity contribution in [1.82, 2.24) is 14.2 Å². The van der Waals surface area contributed by atoms with E-state index in [1.54, 1.807) is 37.5 Å². The lowest BCUT2D eigenvalue weighted by atomic mass is 10.0. The number of aliphatic hydroxyl groups excluding tert-OH is 1. The number of ether oxygens (including phenoxy) is 1. The molecule has 1 aliphatic heterocycles.